The zero-order valence-corrected chi connectivity index (χ0v) is 7.97. The van der Waals surface area contributed by atoms with Crippen molar-refractivity contribution >= 4 is 23.0 Å². The van der Waals surface area contributed by atoms with Crippen LogP contribution in [0, 0.1) is 0 Å². The Morgan fingerprint density at radius 3 is 3.00 bits per heavy atom. The van der Waals surface area contributed by atoms with Crippen molar-refractivity contribution in [2.75, 3.05) is 5.32 Å². The van der Waals surface area contributed by atoms with Gasteiger partial charge in [-0.3, -0.25) is 5.43 Å². The van der Waals surface area contributed by atoms with Crippen LogP contribution in [0.25, 0.3) is 0 Å². The summed E-state index contributed by atoms with van der Waals surface area (Å²) in [6.07, 6.45) is 2.35. The van der Waals surface area contributed by atoms with Gasteiger partial charge < -0.3 is 5.32 Å². The molecule has 0 saturated heterocycles. The monoisotopic (exact) mass is 196 g/mol. The summed E-state index contributed by atoms with van der Waals surface area (Å²) in [6.45, 7) is 0. The van der Waals surface area contributed by atoms with Crippen LogP contribution in [0.3, 0.4) is 0 Å². The molecule has 0 aliphatic heterocycles. The standard InChI is InChI=1S/C8H12N4S/c9-12-8(10-6-1-2-6)11-7-3-4-13-5-7/h3-6H,1-2,9H2,(H2,10,11,12). The first kappa shape index (κ1) is 8.52. The lowest BCUT2D eigenvalue weighted by Gasteiger charge is -2.06. The minimum atomic E-state index is 0.470. The van der Waals surface area contributed by atoms with E-state index in [1.54, 1.807) is 11.3 Å². The molecule has 13 heavy (non-hydrogen) atoms. The van der Waals surface area contributed by atoms with Gasteiger partial charge in [0.15, 0.2) is 0 Å². The molecule has 1 aliphatic rings. The van der Waals surface area contributed by atoms with Crippen molar-refractivity contribution < 1.29 is 0 Å². The maximum atomic E-state index is 5.33. The number of nitrogens with two attached hydrogens (primary N) is 1. The molecule has 0 radical (unpaired) electrons. The molecule has 0 unspecified atom stereocenters. The molecule has 0 spiro atoms. The summed E-state index contributed by atoms with van der Waals surface area (Å²) >= 11 is 1.64. The molecule has 5 heteroatoms. The Labute approximate surface area is 80.8 Å². The second-order valence-electron chi connectivity index (χ2n) is 2.99. The van der Waals surface area contributed by atoms with Gasteiger partial charge in [0.05, 0.1) is 11.7 Å². The molecule has 1 aromatic heterocycles. The third-order valence-electron chi connectivity index (χ3n) is 1.78. The molecule has 1 heterocycles. The maximum absolute atomic E-state index is 5.33. The van der Waals surface area contributed by atoms with Gasteiger partial charge in [-0.25, -0.2) is 10.8 Å². The first-order valence-electron chi connectivity index (χ1n) is 4.22. The number of hydrazine groups is 1. The predicted molar refractivity (Wildman–Crippen MR) is 55.7 cm³/mol. The summed E-state index contributed by atoms with van der Waals surface area (Å²) in [6, 6.07) is 2.46. The summed E-state index contributed by atoms with van der Waals surface area (Å²) in [7, 11) is 0. The summed E-state index contributed by atoms with van der Waals surface area (Å²) in [5.74, 6) is 5.98. The highest BCUT2D eigenvalue weighted by atomic mass is 32.1. The number of nitrogens with one attached hydrogen (secondary N) is 2. The van der Waals surface area contributed by atoms with Crippen molar-refractivity contribution in [3.63, 3.8) is 0 Å². The zero-order chi connectivity index (χ0) is 9.10. The Hall–Kier alpha value is -1.07. The van der Waals surface area contributed by atoms with Gasteiger partial charge in [0, 0.05) is 5.38 Å². The SMILES string of the molecule is NNC(=NC1CC1)Nc1ccsc1. The van der Waals surface area contributed by atoms with Crippen molar-refractivity contribution in [3.05, 3.63) is 16.8 Å². The van der Waals surface area contributed by atoms with Crippen LogP contribution in [-0.4, -0.2) is 12.0 Å². The van der Waals surface area contributed by atoms with E-state index in [0.29, 0.717) is 12.0 Å². The number of thiophene rings is 1. The molecule has 4 nitrogen and oxygen atoms in total. The molecule has 1 saturated carbocycles. The normalized spacial score (nSPS) is 17.2. The number of hydrogen-bond acceptors (Lipinski definition) is 3. The minimum absolute atomic E-state index is 0.470. The second-order valence-corrected chi connectivity index (χ2v) is 3.77. The molecule has 4 N–H and O–H groups in total. The van der Waals surface area contributed by atoms with Gasteiger partial charge in [-0.15, -0.1) is 0 Å². The van der Waals surface area contributed by atoms with Crippen molar-refractivity contribution in [3.8, 4) is 0 Å². The van der Waals surface area contributed by atoms with Crippen LogP contribution in [0.2, 0.25) is 0 Å². The summed E-state index contributed by atoms with van der Waals surface area (Å²) < 4.78 is 0. The Morgan fingerprint density at radius 2 is 2.46 bits per heavy atom. The van der Waals surface area contributed by atoms with Gasteiger partial charge in [-0.2, -0.15) is 11.3 Å². The smallest absolute Gasteiger partial charge is 0.210 e. The van der Waals surface area contributed by atoms with E-state index in [1.807, 2.05) is 16.8 Å². The highest BCUT2D eigenvalue weighted by Gasteiger charge is 2.20. The van der Waals surface area contributed by atoms with Crippen LogP contribution in [0.4, 0.5) is 5.69 Å². The lowest BCUT2D eigenvalue weighted by molar-refractivity contribution is 0.966. The lowest BCUT2D eigenvalue weighted by Crippen LogP contribution is -2.36. The Bertz CT molecular complexity index is 289. The first-order chi connectivity index (χ1) is 6.38. The third-order valence-corrected chi connectivity index (χ3v) is 2.46. The summed E-state index contributed by atoms with van der Waals surface area (Å²) in [5, 5.41) is 7.13. The van der Waals surface area contributed by atoms with Gasteiger partial charge >= 0.3 is 0 Å². The largest absolute Gasteiger partial charge is 0.325 e. The first-order valence-corrected chi connectivity index (χ1v) is 5.16. The van der Waals surface area contributed by atoms with Gasteiger partial charge in [-0.1, -0.05) is 0 Å². The molecule has 1 aliphatic carbocycles. The number of nitrogens with zero attached hydrogens (tertiary/aromatic N) is 1. The molecule has 0 bridgehead atoms. The van der Waals surface area contributed by atoms with Crippen molar-refractivity contribution in [1.29, 1.82) is 0 Å². The van der Waals surface area contributed by atoms with E-state index in [-0.39, 0.29) is 0 Å². The van der Waals surface area contributed by atoms with Crippen LogP contribution in [0.1, 0.15) is 12.8 Å². The van der Waals surface area contributed by atoms with Crippen LogP contribution < -0.4 is 16.6 Å². The van der Waals surface area contributed by atoms with E-state index < -0.39 is 0 Å². The van der Waals surface area contributed by atoms with E-state index in [0.717, 1.165) is 5.69 Å². The number of rotatable bonds is 2. The fraction of sp³-hybridized carbons (Fsp3) is 0.375. The van der Waals surface area contributed by atoms with Crippen LogP contribution in [0.15, 0.2) is 21.8 Å². The van der Waals surface area contributed by atoms with Gasteiger partial charge in [-0.05, 0) is 24.3 Å². The quantitative estimate of drug-likeness (QED) is 0.288. The topological polar surface area (TPSA) is 62.4 Å². The third kappa shape index (κ3) is 2.43. The van der Waals surface area contributed by atoms with E-state index in [9.17, 15) is 0 Å². The Balaban J connectivity index is 1.97. The van der Waals surface area contributed by atoms with Crippen molar-refractivity contribution in [2.45, 2.75) is 18.9 Å². The number of anilines is 1. The van der Waals surface area contributed by atoms with E-state index in [2.05, 4.69) is 15.7 Å². The van der Waals surface area contributed by atoms with Gasteiger partial charge in [0.1, 0.15) is 0 Å². The van der Waals surface area contributed by atoms with E-state index >= 15 is 0 Å². The predicted octanol–water partition coefficient (Wildman–Crippen LogP) is 1.14. The fourth-order valence-electron chi connectivity index (χ4n) is 0.964. The van der Waals surface area contributed by atoms with E-state index in [1.165, 1.54) is 12.8 Å². The average molecular weight is 196 g/mol. The molecule has 70 valence electrons. The summed E-state index contributed by atoms with van der Waals surface area (Å²) in [5.41, 5.74) is 3.59. The fourth-order valence-corrected chi connectivity index (χ4v) is 1.55. The van der Waals surface area contributed by atoms with Crippen LogP contribution in [0.5, 0.6) is 0 Å². The van der Waals surface area contributed by atoms with Crippen molar-refractivity contribution in [2.24, 2.45) is 10.8 Å². The highest BCUT2D eigenvalue weighted by Crippen LogP contribution is 2.23. The molecule has 0 aromatic carbocycles. The highest BCUT2D eigenvalue weighted by molar-refractivity contribution is 7.08. The minimum Gasteiger partial charge on any atom is -0.325 e. The zero-order valence-electron chi connectivity index (χ0n) is 7.16. The van der Waals surface area contributed by atoms with Crippen LogP contribution >= 0.6 is 11.3 Å². The lowest BCUT2D eigenvalue weighted by atomic mass is 10.5. The van der Waals surface area contributed by atoms with Crippen LogP contribution in [-0.2, 0) is 0 Å². The molecule has 1 fully saturated rings. The molecular weight excluding hydrogens is 184 g/mol. The molecule has 1 aromatic rings. The van der Waals surface area contributed by atoms with Gasteiger partial charge in [0.2, 0.25) is 5.96 Å². The number of guanidine groups is 1. The van der Waals surface area contributed by atoms with Crippen molar-refractivity contribution in [1.82, 2.24) is 5.43 Å². The molecular formula is C8H12N4S. The van der Waals surface area contributed by atoms with Gasteiger partial charge in [0.25, 0.3) is 0 Å². The molecule has 0 amide bonds. The maximum Gasteiger partial charge on any atom is 0.210 e. The average Bonchev–Trinajstić information content (AvgIpc) is 2.80. The summed E-state index contributed by atoms with van der Waals surface area (Å²) in [4.78, 5) is 4.36. The van der Waals surface area contributed by atoms with E-state index in [4.69, 9.17) is 5.84 Å². The second kappa shape index (κ2) is 3.76. The molecule has 0 atom stereocenters. The number of aliphatic imine (C=N–C) groups is 1. The number of hydrogen-bond donors (Lipinski definition) is 3. The Morgan fingerprint density at radius 1 is 1.62 bits per heavy atom. The molecule has 2 rings (SSSR count). The Kier molecular flexibility index (Phi) is 2.47.